The van der Waals surface area contributed by atoms with Crippen LogP contribution in [-0.2, 0) is 22.3 Å². The molecule has 1 N–H and O–H groups in total. The average Bonchev–Trinajstić information content (AvgIpc) is 2.79. The molecule has 0 aliphatic heterocycles. The van der Waals surface area contributed by atoms with Gasteiger partial charge < -0.3 is 14.8 Å². The maximum atomic E-state index is 12.8. The molecule has 3 rings (SSSR count). The van der Waals surface area contributed by atoms with E-state index < -0.39 is 35.8 Å². The van der Waals surface area contributed by atoms with E-state index in [2.05, 4.69) is 10.4 Å². The molecule has 0 unspecified atom stereocenters. The maximum Gasteiger partial charge on any atom is 0.416 e. The van der Waals surface area contributed by atoms with E-state index in [9.17, 15) is 27.6 Å². The highest BCUT2D eigenvalue weighted by Gasteiger charge is 2.30. The van der Waals surface area contributed by atoms with Crippen LogP contribution in [0, 0.1) is 0 Å². The number of ether oxygens (including phenoxy) is 2. The minimum absolute atomic E-state index is 0.0604. The normalized spacial score (nSPS) is 11.0. The van der Waals surface area contributed by atoms with E-state index in [0.717, 1.165) is 35.0 Å². The van der Waals surface area contributed by atoms with Crippen LogP contribution in [-0.4, -0.2) is 34.9 Å². The Balaban J connectivity index is 1.54. The molecule has 0 aliphatic carbocycles. The van der Waals surface area contributed by atoms with Crippen molar-refractivity contribution in [3.8, 4) is 5.75 Å². The van der Waals surface area contributed by atoms with Crippen molar-refractivity contribution in [3.05, 3.63) is 88.3 Å². The molecule has 3 aromatic rings. The molecule has 2 aromatic carbocycles. The third-order valence-electron chi connectivity index (χ3n) is 4.20. The van der Waals surface area contributed by atoms with E-state index >= 15 is 0 Å². The molecular weight excluding hydrogens is 443 g/mol. The number of aromatic nitrogens is 2. The Bertz CT molecular complexity index is 1180. The number of hydrogen-bond donors (Lipinski definition) is 1. The highest BCUT2D eigenvalue weighted by atomic mass is 19.4. The standard InChI is InChI=1S/C22H18F3N3O5/c23-22(24,25)15-5-4-6-16(13-15)26-19(29)14-33-21(31)18-9-10-20(30)28(27-18)11-12-32-17-7-2-1-3-8-17/h1-10,13H,11-12,14H2,(H,26,29). The fourth-order valence-electron chi connectivity index (χ4n) is 2.66. The van der Waals surface area contributed by atoms with Crippen LogP contribution in [0.25, 0.3) is 0 Å². The van der Waals surface area contributed by atoms with Gasteiger partial charge in [0.05, 0.1) is 12.1 Å². The summed E-state index contributed by atoms with van der Waals surface area (Å²) < 4.78 is 49.6. The second-order valence-electron chi connectivity index (χ2n) is 6.64. The van der Waals surface area contributed by atoms with Crippen molar-refractivity contribution < 1.29 is 32.2 Å². The Morgan fingerprint density at radius 3 is 2.48 bits per heavy atom. The first-order chi connectivity index (χ1) is 15.7. The van der Waals surface area contributed by atoms with Crippen LogP contribution in [0.4, 0.5) is 18.9 Å². The van der Waals surface area contributed by atoms with E-state index in [0.29, 0.717) is 5.75 Å². The minimum atomic E-state index is -4.56. The van der Waals surface area contributed by atoms with Gasteiger partial charge in [0, 0.05) is 11.8 Å². The molecule has 8 nitrogen and oxygen atoms in total. The second-order valence-corrected chi connectivity index (χ2v) is 6.64. The number of benzene rings is 2. The van der Waals surface area contributed by atoms with Gasteiger partial charge >= 0.3 is 12.1 Å². The first-order valence-electron chi connectivity index (χ1n) is 9.62. The van der Waals surface area contributed by atoms with Gasteiger partial charge in [-0.1, -0.05) is 24.3 Å². The predicted octanol–water partition coefficient (Wildman–Crippen LogP) is 3.14. The lowest BCUT2D eigenvalue weighted by Crippen LogP contribution is -2.28. The molecule has 0 bridgehead atoms. The van der Waals surface area contributed by atoms with Crippen LogP contribution < -0.4 is 15.6 Å². The summed E-state index contributed by atoms with van der Waals surface area (Å²) in [5, 5.41) is 6.11. The summed E-state index contributed by atoms with van der Waals surface area (Å²) in [4.78, 5) is 36.1. The third kappa shape index (κ3) is 6.92. The van der Waals surface area contributed by atoms with E-state index in [1.165, 1.54) is 6.07 Å². The molecule has 0 fully saturated rings. The lowest BCUT2D eigenvalue weighted by atomic mass is 10.2. The summed E-state index contributed by atoms with van der Waals surface area (Å²) in [6.07, 6.45) is -4.56. The van der Waals surface area contributed by atoms with Crippen molar-refractivity contribution in [2.45, 2.75) is 12.7 Å². The molecule has 1 amide bonds. The number of anilines is 1. The van der Waals surface area contributed by atoms with Crippen molar-refractivity contribution in [1.82, 2.24) is 9.78 Å². The number of nitrogens with zero attached hydrogens (tertiary/aromatic N) is 2. The Morgan fingerprint density at radius 1 is 1.00 bits per heavy atom. The first-order valence-corrected chi connectivity index (χ1v) is 9.62. The minimum Gasteiger partial charge on any atom is -0.492 e. The lowest BCUT2D eigenvalue weighted by molar-refractivity contribution is -0.137. The van der Waals surface area contributed by atoms with Gasteiger partial charge in [0.25, 0.3) is 11.5 Å². The predicted molar refractivity (Wildman–Crippen MR) is 111 cm³/mol. The van der Waals surface area contributed by atoms with Crippen molar-refractivity contribution in [1.29, 1.82) is 0 Å². The number of alkyl halides is 3. The van der Waals surface area contributed by atoms with Crippen LogP contribution in [0.15, 0.2) is 71.5 Å². The van der Waals surface area contributed by atoms with Gasteiger partial charge in [0.2, 0.25) is 0 Å². The summed E-state index contributed by atoms with van der Waals surface area (Å²) >= 11 is 0. The Morgan fingerprint density at radius 2 is 1.76 bits per heavy atom. The molecule has 0 spiro atoms. The summed E-state index contributed by atoms with van der Waals surface area (Å²) in [6, 6.07) is 15.2. The number of hydrogen-bond acceptors (Lipinski definition) is 6. The van der Waals surface area contributed by atoms with Crippen molar-refractivity contribution in [2.24, 2.45) is 0 Å². The highest BCUT2D eigenvalue weighted by Crippen LogP contribution is 2.30. The fraction of sp³-hybridized carbons (Fsp3) is 0.182. The molecule has 0 radical (unpaired) electrons. The number of carbonyl (C=O) groups is 2. The summed E-state index contributed by atoms with van der Waals surface area (Å²) in [6.45, 7) is -0.577. The molecular formula is C22H18F3N3O5. The van der Waals surface area contributed by atoms with Gasteiger partial charge in [0.15, 0.2) is 12.3 Å². The molecule has 0 saturated heterocycles. The Labute approximate surface area is 185 Å². The Kier molecular flexibility index (Phi) is 7.44. The zero-order valence-electron chi connectivity index (χ0n) is 17.0. The topological polar surface area (TPSA) is 99.5 Å². The van der Waals surface area contributed by atoms with Gasteiger partial charge in [-0.3, -0.25) is 9.59 Å². The van der Waals surface area contributed by atoms with Crippen molar-refractivity contribution in [3.63, 3.8) is 0 Å². The summed E-state index contributed by atoms with van der Waals surface area (Å²) in [5.74, 6) is -1.22. The first kappa shape index (κ1) is 23.5. The molecule has 11 heteroatoms. The van der Waals surface area contributed by atoms with Crippen LogP contribution in [0.5, 0.6) is 5.75 Å². The monoisotopic (exact) mass is 461 g/mol. The van der Waals surface area contributed by atoms with E-state index in [1.54, 1.807) is 24.3 Å². The zero-order chi connectivity index (χ0) is 23.8. The number of para-hydroxylation sites is 1. The van der Waals surface area contributed by atoms with Gasteiger partial charge in [-0.2, -0.15) is 18.3 Å². The molecule has 1 aromatic heterocycles. The van der Waals surface area contributed by atoms with Gasteiger partial charge in [-0.15, -0.1) is 0 Å². The zero-order valence-corrected chi connectivity index (χ0v) is 17.0. The van der Waals surface area contributed by atoms with Gasteiger partial charge in [-0.25, -0.2) is 9.48 Å². The molecule has 0 saturated carbocycles. The van der Waals surface area contributed by atoms with Crippen LogP contribution in [0.2, 0.25) is 0 Å². The van der Waals surface area contributed by atoms with E-state index in [1.807, 2.05) is 6.07 Å². The largest absolute Gasteiger partial charge is 0.492 e. The second kappa shape index (κ2) is 10.4. The average molecular weight is 461 g/mol. The summed E-state index contributed by atoms with van der Waals surface area (Å²) in [5.41, 5.74) is -1.72. The van der Waals surface area contributed by atoms with Gasteiger partial charge in [-0.05, 0) is 36.4 Å². The number of halogens is 3. The van der Waals surface area contributed by atoms with Crippen LogP contribution in [0.3, 0.4) is 0 Å². The van der Waals surface area contributed by atoms with Crippen LogP contribution in [0.1, 0.15) is 16.1 Å². The number of carbonyl (C=O) groups excluding carboxylic acids is 2. The van der Waals surface area contributed by atoms with Crippen LogP contribution >= 0.6 is 0 Å². The lowest BCUT2D eigenvalue weighted by Gasteiger charge is -2.10. The third-order valence-corrected chi connectivity index (χ3v) is 4.20. The van der Waals surface area contributed by atoms with E-state index in [-0.39, 0.29) is 24.5 Å². The van der Waals surface area contributed by atoms with Gasteiger partial charge in [0.1, 0.15) is 12.4 Å². The molecule has 172 valence electrons. The smallest absolute Gasteiger partial charge is 0.416 e. The molecule has 0 atom stereocenters. The number of nitrogens with one attached hydrogen (secondary N) is 1. The number of amides is 1. The number of esters is 1. The van der Waals surface area contributed by atoms with E-state index in [4.69, 9.17) is 9.47 Å². The number of rotatable bonds is 8. The Hall–Kier alpha value is -4.15. The van der Waals surface area contributed by atoms with Crippen molar-refractivity contribution in [2.75, 3.05) is 18.5 Å². The molecule has 33 heavy (non-hydrogen) atoms. The quantitative estimate of drug-likeness (QED) is 0.518. The summed E-state index contributed by atoms with van der Waals surface area (Å²) in [7, 11) is 0. The molecule has 1 heterocycles. The van der Waals surface area contributed by atoms with Crippen molar-refractivity contribution >= 4 is 17.6 Å². The maximum absolute atomic E-state index is 12.8. The fourth-order valence-corrected chi connectivity index (χ4v) is 2.66. The molecule has 0 aliphatic rings. The SMILES string of the molecule is O=C(COC(=O)c1ccc(=O)n(CCOc2ccccc2)n1)Nc1cccc(C(F)(F)F)c1. The highest BCUT2D eigenvalue weighted by molar-refractivity contribution is 5.94.